The van der Waals surface area contributed by atoms with Gasteiger partial charge in [-0.2, -0.15) is 4.31 Å². The molecular formula is C30H33ClN4O5S. The van der Waals surface area contributed by atoms with Gasteiger partial charge in [-0.25, -0.2) is 8.42 Å². The number of benzene rings is 3. The summed E-state index contributed by atoms with van der Waals surface area (Å²) in [6, 6.07) is 17.1. The normalized spacial score (nSPS) is 20.4. The van der Waals surface area contributed by atoms with Crippen LogP contribution in [0.3, 0.4) is 0 Å². The Morgan fingerprint density at radius 1 is 1.00 bits per heavy atom. The number of carbonyl (C=O) groups excluding carboxylic acids is 3. The number of hydrogen-bond acceptors (Lipinski definition) is 5. The van der Waals surface area contributed by atoms with E-state index in [2.05, 4.69) is 5.32 Å². The lowest BCUT2D eigenvalue weighted by molar-refractivity contribution is -0.144. The molecule has 216 valence electrons. The first-order valence-corrected chi connectivity index (χ1v) is 15.5. The van der Waals surface area contributed by atoms with E-state index in [0.29, 0.717) is 23.7 Å². The van der Waals surface area contributed by atoms with Crippen molar-refractivity contribution in [3.63, 3.8) is 0 Å². The zero-order chi connectivity index (χ0) is 29.3. The summed E-state index contributed by atoms with van der Waals surface area (Å²) in [5.74, 6) is -0.790. The van der Waals surface area contributed by atoms with Crippen molar-refractivity contribution < 1.29 is 22.8 Å². The first-order chi connectivity index (χ1) is 19.6. The predicted molar refractivity (Wildman–Crippen MR) is 157 cm³/mol. The Kier molecular flexibility index (Phi) is 8.35. The van der Waals surface area contributed by atoms with E-state index in [0.717, 1.165) is 27.9 Å². The van der Waals surface area contributed by atoms with E-state index in [9.17, 15) is 22.8 Å². The van der Waals surface area contributed by atoms with Crippen molar-refractivity contribution in [2.75, 3.05) is 26.7 Å². The Bertz CT molecular complexity index is 1580. The molecular weight excluding hydrogens is 564 g/mol. The van der Waals surface area contributed by atoms with Gasteiger partial charge in [-0.1, -0.05) is 41.9 Å². The van der Waals surface area contributed by atoms with Crippen LogP contribution in [0.1, 0.15) is 36.5 Å². The van der Waals surface area contributed by atoms with Crippen LogP contribution in [-0.4, -0.2) is 85.1 Å². The van der Waals surface area contributed by atoms with Crippen molar-refractivity contribution >= 4 is 50.1 Å². The van der Waals surface area contributed by atoms with Crippen molar-refractivity contribution in [3.8, 4) is 0 Å². The summed E-state index contributed by atoms with van der Waals surface area (Å²) in [4.78, 5) is 42.7. The fourth-order valence-electron chi connectivity index (χ4n) is 5.65. The number of fused-ring (bicyclic) bond motifs is 1. The number of nitrogens with one attached hydrogen (secondary N) is 1. The van der Waals surface area contributed by atoms with Gasteiger partial charge < -0.3 is 15.1 Å². The lowest BCUT2D eigenvalue weighted by atomic mass is 10.0. The van der Waals surface area contributed by atoms with Crippen molar-refractivity contribution in [1.29, 1.82) is 0 Å². The highest BCUT2D eigenvalue weighted by Gasteiger charge is 2.43. The molecule has 2 aliphatic heterocycles. The number of rotatable bonds is 7. The third-order valence-electron chi connectivity index (χ3n) is 8.03. The van der Waals surface area contributed by atoms with Crippen LogP contribution in [0, 0.1) is 0 Å². The molecule has 3 atom stereocenters. The molecule has 11 heteroatoms. The van der Waals surface area contributed by atoms with Crippen LogP contribution in [-0.2, 0) is 19.6 Å². The Morgan fingerprint density at radius 2 is 1.71 bits per heavy atom. The van der Waals surface area contributed by atoms with E-state index in [4.69, 9.17) is 11.6 Å². The van der Waals surface area contributed by atoms with Crippen LogP contribution < -0.4 is 5.32 Å². The monoisotopic (exact) mass is 596 g/mol. The SMILES string of the molecule is C[C@H](C(=O)N1CCCC(NC(=O)c2ccccc2)C1)N1CC[C@@H](N(C)S(=O)(=O)c2ccc3cc(Cl)ccc3c2)C1=O. The zero-order valence-electron chi connectivity index (χ0n) is 23.0. The average molecular weight is 597 g/mol. The van der Waals surface area contributed by atoms with Crippen LogP contribution in [0.25, 0.3) is 10.8 Å². The number of amides is 3. The zero-order valence-corrected chi connectivity index (χ0v) is 24.6. The fraction of sp³-hybridized carbons (Fsp3) is 0.367. The standard InChI is InChI=1S/C30H33ClN4O5S/c1-20(29(37)34-15-6-9-25(19-34)32-28(36)21-7-4-3-5-8-21)35-16-14-27(30(35)38)33(2)41(39,40)26-13-11-22-17-24(31)12-10-23(22)18-26/h3-5,7-8,10-13,17-18,20,25,27H,6,9,14-16,19H2,1-2H3,(H,32,36)/t20-,25?,27-/m1/s1. The topological polar surface area (TPSA) is 107 Å². The largest absolute Gasteiger partial charge is 0.348 e. The maximum atomic E-state index is 13.5. The second kappa shape index (κ2) is 11.8. The summed E-state index contributed by atoms with van der Waals surface area (Å²) in [6.45, 7) is 2.84. The van der Waals surface area contributed by atoms with E-state index < -0.39 is 28.0 Å². The molecule has 0 aromatic heterocycles. The summed E-state index contributed by atoms with van der Waals surface area (Å²) in [7, 11) is -2.56. The molecule has 0 radical (unpaired) electrons. The van der Waals surface area contributed by atoms with Gasteiger partial charge in [0.1, 0.15) is 12.1 Å². The van der Waals surface area contributed by atoms with Crippen LogP contribution in [0.15, 0.2) is 71.6 Å². The number of hydrogen-bond donors (Lipinski definition) is 1. The van der Waals surface area contributed by atoms with E-state index in [-0.39, 0.29) is 35.7 Å². The maximum Gasteiger partial charge on any atom is 0.251 e. The second-order valence-corrected chi connectivity index (χ2v) is 13.1. The highest BCUT2D eigenvalue weighted by molar-refractivity contribution is 7.89. The molecule has 9 nitrogen and oxygen atoms in total. The maximum absolute atomic E-state index is 13.5. The molecule has 0 saturated carbocycles. The molecule has 1 unspecified atom stereocenters. The van der Waals surface area contributed by atoms with Crippen LogP contribution in [0.5, 0.6) is 0 Å². The average Bonchev–Trinajstić information content (AvgIpc) is 3.36. The van der Waals surface area contributed by atoms with Gasteiger partial charge in [0.05, 0.1) is 4.90 Å². The predicted octanol–water partition coefficient (Wildman–Crippen LogP) is 3.52. The van der Waals surface area contributed by atoms with Gasteiger partial charge >= 0.3 is 0 Å². The summed E-state index contributed by atoms with van der Waals surface area (Å²) >= 11 is 6.05. The molecule has 0 spiro atoms. The van der Waals surface area contributed by atoms with E-state index in [1.807, 2.05) is 6.07 Å². The van der Waals surface area contributed by atoms with Crippen LogP contribution in [0.2, 0.25) is 5.02 Å². The van der Waals surface area contributed by atoms with Crippen molar-refractivity contribution in [2.24, 2.45) is 0 Å². The molecule has 0 aliphatic carbocycles. The van der Waals surface area contributed by atoms with Crippen LogP contribution in [0.4, 0.5) is 0 Å². The van der Waals surface area contributed by atoms with E-state index >= 15 is 0 Å². The van der Waals surface area contributed by atoms with Gasteiger partial charge in [-0.15, -0.1) is 0 Å². The smallest absolute Gasteiger partial charge is 0.251 e. The molecule has 5 rings (SSSR count). The minimum absolute atomic E-state index is 0.0853. The van der Waals surface area contributed by atoms with E-state index in [1.54, 1.807) is 66.4 Å². The van der Waals surface area contributed by atoms with Gasteiger partial charge in [0.25, 0.3) is 5.91 Å². The number of nitrogens with zero attached hydrogens (tertiary/aromatic N) is 3. The molecule has 2 fully saturated rings. The highest BCUT2D eigenvalue weighted by Crippen LogP contribution is 2.28. The molecule has 2 heterocycles. The second-order valence-electron chi connectivity index (χ2n) is 10.6. The first kappa shape index (κ1) is 29.0. The molecule has 2 saturated heterocycles. The summed E-state index contributed by atoms with van der Waals surface area (Å²) in [5, 5.41) is 5.11. The van der Waals surface area contributed by atoms with Crippen molar-refractivity contribution in [2.45, 2.75) is 49.2 Å². The minimum atomic E-state index is -3.97. The third-order valence-corrected chi connectivity index (χ3v) is 10.1. The Morgan fingerprint density at radius 3 is 2.46 bits per heavy atom. The van der Waals surface area contributed by atoms with Gasteiger partial charge in [-0.3, -0.25) is 14.4 Å². The Balaban J connectivity index is 1.23. The minimum Gasteiger partial charge on any atom is -0.348 e. The molecule has 3 aromatic carbocycles. The summed E-state index contributed by atoms with van der Waals surface area (Å²) in [5.41, 5.74) is 0.560. The molecule has 0 bridgehead atoms. The van der Waals surface area contributed by atoms with Crippen molar-refractivity contribution in [3.05, 3.63) is 77.3 Å². The van der Waals surface area contributed by atoms with Crippen LogP contribution >= 0.6 is 11.6 Å². The van der Waals surface area contributed by atoms with E-state index in [1.165, 1.54) is 18.0 Å². The molecule has 3 amide bonds. The number of piperidine rings is 1. The fourth-order valence-corrected chi connectivity index (χ4v) is 7.21. The number of sulfonamides is 1. The van der Waals surface area contributed by atoms with Crippen molar-refractivity contribution in [1.82, 2.24) is 19.4 Å². The highest BCUT2D eigenvalue weighted by atomic mass is 35.5. The third kappa shape index (κ3) is 5.95. The number of likely N-dealkylation sites (tertiary alicyclic amines) is 2. The lowest BCUT2D eigenvalue weighted by Crippen LogP contribution is -2.55. The Labute approximate surface area is 245 Å². The van der Waals surface area contributed by atoms with Gasteiger partial charge in [-0.05, 0) is 73.4 Å². The molecule has 41 heavy (non-hydrogen) atoms. The lowest BCUT2D eigenvalue weighted by Gasteiger charge is -2.36. The summed E-state index contributed by atoms with van der Waals surface area (Å²) in [6.07, 6.45) is 1.77. The number of carbonyl (C=O) groups is 3. The molecule has 1 N–H and O–H groups in total. The van der Waals surface area contributed by atoms with Gasteiger partial charge in [0.15, 0.2) is 0 Å². The summed E-state index contributed by atoms with van der Waals surface area (Å²) < 4.78 is 28.1. The first-order valence-electron chi connectivity index (χ1n) is 13.7. The van der Waals surface area contributed by atoms with Gasteiger partial charge in [0.2, 0.25) is 21.8 Å². The number of halogens is 1. The molecule has 3 aromatic rings. The molecule has 2 aliphatic rings. The quantitative estimate of drug-likeness (QED) is 0.449. The Hall–Kier alpha value is -3.47. The number of likely N-dealkylation sites (N-methyl/N-ethyl adjacent to an activating group) is 1. The van der Waals surface area contributed by atoms with Gasteiger partial charge in [0, 0.05) is 43.3 Å².